The predicted octanol–water partition coefficient (Wildman–Crippen LogP) is 1.92. The van der Waals surface area contributed by atoms with E-state index in [2.05, 4.69) is 48.3 Å². The van der Waals surface area contributed by atoms with Crippen LogP contribution in [0.15, 0.2) is 24.3 Å². The minimum absolute atomic E-state index is 0.534. The van der Waals surface area contributed by atoms with Crippen molar-refractivity contribution in [3.63, 3.8) is 0 Å². The van der Waals surface area contributed by atoms with E-state index in [1.165, 1.54) is 5.56 Å². The summed E-state index contributed by atoms with van der Waals surface area (Å²) in [5.41, 5.74) is 1.56. The van der Waals surface area contributed by atoms with E-state index in [9.17, 15) is 5.11 Å². The maximum atomic E-state index is 10.7. The Morgan fingerprint density at radius 3 is 2.32 bits per heavy atom. The first-order valence-corrected chi connectivity index (χ1v) is 7.25. The van der Waals surface area contributed by atoms with E-state index in [1.807, 2.05) is 6.92 Å². The summed E-state index contributed by atoms with van der Waals surface area (Å²) in [6.07, 6.45) is 0. The van der Waals surface area contributed by atoms with Crippen molar-refractivity contribution in [2.75, 3.05) is 32.7 Å². The van der Waals surface area contributed by atoms with Gasteiger partial charge in [-0.25, -0.2) is 0 Å². The summed E-state index contributed by atoms with van der Waals surface area (Å²) in [6.45, 7) is 11.1. The number of nitrogens with one attached hydrogen (secondary N) is 1. The standard InChI is InChI=1S/C16H26N2O/c1-13(2)14-4-6-15(7-5-14)16(3,19)12-18-10-8-17-9-11-18/h4-7,13,17,19H,8-12H2,1-3H3. The molecule has 1 aromatic rings. The van der Waals surface area contributed by atoms with Gasteiger partial charge in [-0.1, -0.05) is 38.1 Å². The second-order valence-corrected chi connectivity index (χ2v) is 6.08. The van der Waals surface area contributed by atoms with Crippen LogP contribution in [0.1, 0.15) is 37.8 Å². The monoisotopic (exact) mass is 262 g/mol. The van der Waals surface area contributed by atoms with E-state index in [1.54, 1.807) is 0 Å². The molecular weight excluding hydrogens is 236 g/mol. The normalized spacial score (nSPS) is 20.5. The van der Waals surface area contributed by atoms with Crippen molar-refractivity contribution in [1.82, 2.24) is 10.2 Å². The highest BCUT2D eigenvalue weighted by Crippen LogP contribution is 2.24. The van der Waals surface area contributed by atoms with Crippen LogP contribution in [-0.4, -0.2) is 42.7 Å². The molecule has 1 unspecified atom stereocenters. The smallest absolute Gasteiger partial charge is 0.0994 e. The first-order valence-electron chi connectivity index (χ1n) is 7.25. The molecule has 0 spiro atoms. The molecule has 0 bridgehead atoms. The molecule has 0 radical (unpaired) electrons. The highest BCUT2D eigenvalue weighted by molar-refractivity contribution is 5.28. The fraction of sp³-hybridized carbons (Fsp3) is 0.625. The van der Waals surface area contributed by atoms with Gasteiger partial charge in [0.1, 0.15) is 0 Å². The Balaban J connectivity index is 2.05. The molecule has 0 aliphatic carbocycles. The van der Waals surface area contributed by atoms with E-state index in [0.29, 0.717) is 12.5 Å². The van der Waals surface area contributed by atoms with Crippen LogP contribution in [0.2, 0.25) is 0 Å². The lowest BCUT2D eigenvalue weighted by Crippen LogP contribution is -2.48. The summed E-state index contributed by atoms with van der Waals surface area (Å²) in [5.74, 6) is 0.534. The Hall–Kier alpha value is -0.900. The summed E-state index contributed by atoms with van der Waals surface area (Å²) < 4.78 is 0. The fourth-order valence-corrected chi connectivity index (χ4v) is 2.62. The zero-order valence-corrected chi connectivity index (χ0v) is 12.3. The maximum Gasteiger partial charge on any atom is 0.0994 e. The Bertz CT molecular complexity index is 392. The summed E-state index contributed by atoms with van der Waals surface area (Å²) >= 11 is 0. The van der Waals surface area contributed by atoms with Crippen molar-refractivity contribution in [2.45, 2.75) is 32.3 Å². The van der Waals surface area contributed by atoms with Crippen LogP contribution in [0.3, 0.4) is 0 Å². The SMILES string of the molecule is CC(C)c1ccc(C(C)(O)CN2CCNCC2)cc1. The predicted molar refractivity (Wildman–Crippen MR) is 79.4 cm³/mol. The molecule has 0 amide bonds. The Kier molecular flexibility index (Phi) is 4.61. The molecule has 2 rings (SSSR count). The molecule has 106 valence electrons. The lowest BCUT2D eigenvalue weighted by atomic mass is 9.92. The van der Waals surface area contributed by atoms with Crippen LogP contribution in [-0.2, 0) is 5.60 Å². The molecule has 1 heterocycles. The zero-order chi connectivity index (χ0) is 13.9. The molecule has 3 nitrogen and oxygen atoms in total. The molecule has 1 atom stereocenters. The maximum absolute atomic E-state index is 10.7. The van der Waals surface area contributed by atoms with E-state index in [0.717, 1.165) is 31.7 Å². The molecule has 0 aromatic heterocycles. The Labute approximate surface area is 116 Å². The molecule has 1 aromatic carbocycles. The van der Waals surface area contributed by atoms with Gasteiger partial charge in [0, 0.05) is 32.7 Å². The summed E-state index contributed by atoms with van der Waals surface area (Å²) in [5, 5.41) is 14.0. The minimum atomic E-state index is -0.771. The lowest BCUT2D eigenvalue weighted by Gasteiger charge is -2.34. The van der Waals surface area contributed by atoms with Crippen molar-refractivity contribution < 1.29 is 5.11 Å². The van der Waals surface area contributed by atoms with Crippen LogP contribution >= 0.6 is 0 Å². The molecule has 1 saturated heterocycles. The summed E-state index contributed by atoms with van der Waals surface area (Å²) in [4.78, 5) is 2.33. The summed E-state index contributed by atoms with van der Waals surface area (Å²) in [7, 11) is 0. The lowest BCUT2D eigenvalue weighted by molar-refractivity contribution is 0.0126. The molecule has 0 saturated carbocycles. The Morgan fingerprint density at radius 1 is 1.21 bits per heavy atom. The molecule has 1 fully saturated rings. The Morgan fingerprint density at radius 2 is 1.79 bits per heavy atom. The van der Waals surface area contributed by atoms with Crippen LogP contribution in [0.4, 0.5) is 0 Å². The van der Waals surface area contributed by atoms with Gasteiger partial charge in [0.15, 0.2) is 0 Å². The molecule has 1 aliphatic rings. The molecular formula is C16H26N2O. The van der Waals surface area contributed by atoms with Crippen molar-refractivity contribution in [3.05, 3.63) is 35.4 Å². The van der Waals surface area contributed by atoms with E-state index >= 15 is 0 Å². The molecule has 2 N–H and O–H groups in total. The van der Waals surface area contributed by atoms with E-state index in [4.69, 9.17) is 0 Å². The second kappa shape index (κ2) is 6.04. The third-order valence-corrected chi connectivity index (χ3v) is 3.94. The largest absolute Gasteiger partial charge is 0.384 e. The van der Waals surface area contributed by atoms with Crippen LogP contribution in [0.25, 0.3) is 0 Å². The topological polar surface area (TPSA) is 35.5 Å². The second-order valence-electron chi connectivity index (χ2n) is 6.08. The average molecular weight is 262 g/mol. The van der Waals surface area contributed by atoms with Crippen LogP contribution in [0.5, 0.6) is 0 Å². The number of nitrogens with zero attached hydrogens (tertiary/aromatic N) is 1. The van der Waals surface area contributed by atoms with Crippen LogP contribution < -0.4 is 5.32 Å². The average Bonchev–Trinajstić information content (AvgIpc) is 2.39. The van der Waals surface area contributed by atoms with Crippen molar-refractivity contribution in [3.8, 4) is 0 Å². The summed E-state index contributed by atoms with van der Waals surface area (Å²) in [6, 6.07) is 8.40. The number of piperazine rings is 1. The van der Waals surface area contributed by atoms with Gasteiger partial charge in [-0.05, 0) is 24.0 Å². The van der Waals surface area contributed by atoms with E-state index < -0.39 is 5.60 Å². The highest BCUT2D eigenvalue weighted by Gasteiger charge is 2.26. The third-order valence-electron chi connectivity index (χ3n) is 3.94. The van der Waals surface area contributed by atoms with Crippen LogP contribution in [0, 0.1) is 0 Å². The van der Waals surface area contributed by atoms with Gasteiger partial charge in [0.05, 0.1) is 5.60 Å². The number of aliphatic hydroxyl groups is 1. The van der Waals surface area contributed by atoms with Crippen molar-refractivity contribution >= 4 is 0 Å². The fourth-order valence-electron chi connectivity index (χ4n) is 2.62. The van der Waals surface area contributed by atoms with Gasteiger partial charge in [0.2, 0.25) is 0 Å². The van der Waals surface area contributed by atoms with E-state index in [-0.39, 0.29) is 0 Å². The zero-order valence-electron chi connectivity index (χ0n) is 12.3. The number of benzene rings is 1. The number of β-amino-alcohol motifs (C(OH)–C–C–N with tert-alkyl or cyclic N) is 1. The molecule has 19 heavy (non-hydrogen) atoms. The van der Waals surface area contributed by atoms with Crippen molar-refractivity contribution in [1.29, 1.82) is 0 Å². The van der Waals surface area contributed by atoms with Gasteiger partial charge in [0.25, 0.3) is 0 Å². The third kappa shape index (κ3) is 3.78. The highest BCUT2D eigenvalue weighted by atomic mass is 16.3. The van der Waals surface area contributed by atoms with Gasteiger partial charge < -0.3 is 10.4 Å². The van der Waals surface area contributed by atoms with Gasteiger partial charge in [-0.15, -0.1) is 0 Å². The molecule has 3 heteroatoms. The number of rotatable bonds is 4. The van der Waals surface area contributed by atoms with Crippen molar-refractivity contribution in [2.24, 2.45) is 0 Å². The number of hydrogen-bond donors (Lipinski definition) is 2. The number of hydrogen-bond acceptors (Lipinski definition) is 3. The molecule has 1 aliphatic heterocycles. The van der Waals surface area contributed by atoms with Gasteiger partial charge in [-0.3, -0.25) is 4.90 Å². The first kappa shape index (κ1) is 14.5. The first-order chi connectivity index (χ1) is 8.99. The quantitative estimate of drug-likeness (QED) is 0.870. The van der Waals surface area contributed by atoms with Gasteiger partial charge >= 0.3 is 0 Å². The van der Waals surface area contributed by atoms with Gasteiger partial charge in [-0.2, -0.15) is 0 Å². The minimum Gasteiger partial charge on any atom is -0.384 e.